The van der Waals surface area contributed by atoms with Gasteiger partial charge in [-0.3, -0.25) is 9.69 Å². The Bertz CT molecular complexity index is 281. The minimum absolute atomic E-state index is 0.209. The summed E-state index contributed by atoms with van der Waals surface area (Å²) in [6.07, 6.45) is 7.15. The summed E-state index contributed by atoms with van der Waals surface area (Å²) in [4.78, 5) is 14.3. The van der Waals surface area contributed by atoms with Crippen molar-refractivity contribution >= 4 is 5.91 Å². The largest absolute Gasteiger partial charge is 0.352 e. The van der Waals surface area contributed by atoms with Gasteiger partial charge in [0.15, 0.2) is 0 Å². The molecule has 1 amide bonds. The summed E-state index contributed by atoms with van der Waals surface area (Å²) < 4.78 is 0. The average molecular weight is 267 g/mol. The van der Waals surface area contributed by atoms with Crippen molar-refractivity contribution in [2.24, 2.45) is 5.92 Å². The van der Waals surface area contributed by atoms with Crippen LogP contribution in [-0.4, -0.2) is 49.6 Å². The molecule has 0 radical (unpaired) electrons. The third kappa shape index (κ3) is 4.77. The standard InChI is InChI=1S/C15H29N3O/c1-12-3-5-13(6-4-12)17-15(19)11-18(2)14-7-9-16-10-8-14/h12-14,16H,3-11H2,1-2H3,(H,17,19). The molecule has 0 bridgehead atoms. The molecule has 0 atom stereocenters. The number of hydrogen-bond acceptors (Lipinski definition) is 3. The lowest BCUT2D eigenvalue weighted by atomic mass is 9.87. The summed E-state index contributed by atoms with van der Waals surface area (Å²) in [5, 5.41) is 6.58. The fourth-order valence-corrected chi connectivity index (χ4v) is 3.28. The molecule has 2 fully saturated rings. The van der Waals surface area contributed by atoms with Crippen LogP contribution in [0.25, 0.3) is 0 Å². The van der Waals surface area contributed by atoms with Gasteiger partial charge in [0.05, 0.1) is 6.54 Å². The summed E-state index contributed by atoms with van der Waals surface area (Å²) in [5.74, 6) is 1.05. The number of hydrogen-bond donors (Lipinski definition) is 2. The van der Waals surface area contributed by atoms with Crippen molar-refractivity contribution in [2.45, 2.75) is 57.5 Å². The lowest BCUT2D eigenvalue weighted by Crippen LogP contribution is -2.47. The number of rotatable bonds is 4. The van der Waals surface area contributed by atoms with E-state index >= 15 is 0 Å². The van der Waals surface area contributed by atoms with E-state index in [0.29, 0.717) is 18.6 Å². The highest BCUT2D eigenvalue weighted by molar-refractivity contribution is 5.78. The molecule has 19 heavy (non-hydrogen) atoms. The Balaban J connectivity index is 1.68. The first kappa shape index (κ1) is 14.8. The highest BCUT2D eigenvalue weighted by Crippen LogP contribution is 2.23. The van der Waals surface area contributed by atoms with Crippen molar-refractivity contribution < 1.29 is 4.79 Å². The van der Waals surface area contributed by atoms with E-state index in [1.165, 1.54) is 12.8 Å². The molecule has 0 aromatic heterocycles. The molecular formula is C15H29N3O. The third-order valence-corrected chi connectivity index (χ3v) is 4.71. The van der Waals surface area contributed by atoms with Crippen molar-refractivity contribution in [3.63, 3.8) is 0 Å². The Morgan fingerprint density at radius 3 is 2.42 bits per heavy atom. The van der Waals surface area contributed by atoms with Gasteiger partial charge in [-0.1, -0.05) is 6.92 Å². The van der Waals surface area contributed by atoms with Crippen LogP contribution in [0.4, 0.5) is 0 Å². The lowest BCUT2D eigenvalue weighted by molar-refractivity contribution is -0.123. The number of nitrogens with zero attached hydrogens (tertiary/aromatic N) is 1. The second kappa shape index (κ2) is 7.25. The predicted octanol–water partition coefficient (Wildman–Crippen LogP) is 1.37. The van der Waals surface area contributed by atoms with Crippen molar-refractivity contribution in [3.8, 4) is 0 Å². The molecule has 0 spiro atoms. The van der Waals surface area contributed by atoms with Gasteiger partial charge in [0.2, 0.25) is 5.91 Å². The van der Waals surface area contributed by atoms with Crippen molar-refractivity contribution in [3.05, 3.63) is 0 Å². The second-order valence-electron chi connectivity index (χ2n) is 6.42. The molecule has 2 N–H and O–H groups in total. The fraction of sp³-hybridized carbons (Fsp3) is 0.933. The van der Waals surface area contributed by atoms with Crippen LogP contribution >= 0.6 is 0 Å². The normalized spacial score (nSPS) is 29.4. The van der Waals surface area contributed by atoms with Gasteiger partial charge in [0.25, 0.3) is 0 Å². The van der Waals surface area contributed by atoms with Gasteiger partial charge in [0, 0.05) is 12.1 Å². The van der Waals surface area contributed by atoms with Gasteiger partial charge in [-0.25, -0.2) is 0 Å². The van der Waals surface area contributed by atoms with Gasteiger partial charge in [-0.15, -0.1) is 0 Å². The number of carbonyl (C=O) groups excluding carboxylic acids is 1. The van der Waals surface area contributed by atoms with Crippen LogP contribution in [0.3, 0.4) is 0 Å². The zero-order valence-corrected chi connectivity index (χ0v) is 12.5. The van der Waals surface area contributed by atoms with Gasteiger partial charge in [0.1, 0.15) is 0 Å². The first-order valence-corrected chi connectivity index (χ1v) is 7.85. The Morgan fingerprint density at radius 1 is 1.16 bits per heavy atom. The molecule has 0 aromatic carbocycles. The topological polar surface area (TPSA) is 44.4 Å². The monoisotopic (exact) mass is 267 g/mol. The van der Waals surface area contributed by atoms with Crippen LogP contribution in [0.15, 0.2) is 0 Å². The maximum atomic E-state index is 12.1. The van der Waals surface area contributed by atoms with E-state index in [2.05, 4.69) is 29.5 Å². The third-order valence-electron chi connectivity index (χ3n) is 4.71. The van der Waals surface area contributed by atoms with Gasteiger partial charge >= 0.3 is 0 Å². The summed E-state index contributed by atoms with van der Waals surface area (Å²) in [7, 11) is 2.08. The minimum atomic E-state index is 0.209. The molecule has 1 aliphatic carbocycles. The fourth-order valence-electron chi connectivity index (χ4n) is 3.28. The summed E-state index contributed by atoms with van der Waals surface area (Å²) in [5.41, 5.74) is 0. The van der Waals surface area contributed by atoms with Crippen LogP contribution in [0.1, 0.15) is 45.4 Å². The summed E-state index contributed by atoms with van der Waals surface area (Å²) in [6, 6.07) is 0.989. The molecule has 1 heterocycles. The van der Waals surface area contributed by atoms with E-state index in [9.17, 15) is 4.79 Å². The molecular weight excluding hydrogens is 238 g/mol. The Labute approximate surface area is 117 Å². The molecule has 110 valence electrons. The highest BCUT2D eigenvalue weighted by Gasteiger charge is 2.22. The summed E-state index contributed by atoms with van der Waals surface area (Å²) >= 11 is 0. The number of likely N-dealkylation sites (N-methyl/N-ethyl adjacent to an activating group) is 1. The molecule has 1 aliphatic heterocycles. The van der Waals surface area contributed by atoms with Gasteiger partial charge in [-0.2, -0.15) is 0 Å². The highest BCUT2D eigenvalue weighted by atomic mass is 16.2. The predicted molar refractivity (Wildman–Crippen MR) is 78.1 cm³/mol. The van der Waals surface area contributed by atoms with E-state index in [1.807, 2.05) is 0 Å². The van der Waals surface area contributed by atoms with Crippen molar-refractivity contribution in [1.82, 2.24) is 15.5 Å². The van der Waals surface area contributed by atoms with E-state index in [1.54, 1.807) is 0 Å². The molecule has 2 rings (SSSR count). The Morgan fingerprint density at radius 2 is 1.79 bits per heavy atom. The molecule has 4 nitrogen and oxygen atoms in total. The maximum Gasteiger partial charge on any atom is 0.234 e. The Kier molecular flexibility index (Phi) is 5.64. The van der Waals surface area contributed by atoms with E-state index in [0.717, 1.165) is 44.7 Å². The Hall–Kier alpha value is -0.610. The number of carbonyl (C=O) groups is 1. The minimum Gasteiger partial charge on any atom is -0.352 e. The second-order valence-corrected chi connectivity index (χ2v) is 6.42. The van der Waals surface area contributed by atoms with Crippen molar-refractivity contribution in [2.75, 3.05) is 26.7 Å². The summed E-state index contributed by atoms with van der Waals surface area (Å²) in [6.45, 7) is 5.02. The molecule has 0 unspecified atom stereocenters. The molecule has 2 aliphatic rings. The maximum absolute atomic E-state index is 12.1. The first-order valence-electron chi connectivity index (χ1n) is 7.85. The quantitative estimate of drug-likeness (QED) is 0.808. The smallest absolute Gasteiger partial charge is 0.234 e. The zero-order valence-electron chi connectivity index (χ0n) is 12.5. The first-order chi connectivity index (χ1) is 9.15. The van der Waals surface area contributed by atoms with Crippen LogP contribution in [-0.2, 0) is 4.79 Å². The van der Waals surface area contributed by atoms with Crippen LogP contribution < -0.4 is 10.6 Å². The lowest BCUT2D eigenvalue weighted by Gasteiger charge is -2.32. The molecule has 0 aromatic rings. The molecule has 4 heteroatoms. The van der Waals surface area contributed by atoms with Crippen LogP contribution in [0.5, 0.6) is 0 Å². The average Bonchev–Trinajstić information content (AvgIpc) is 2.42. The number of nitrogens with one attached hydrogen (secondary N) is 2. The van der Waals surface area contributed by atoms with E-state index < -0.39 is 0 Å². The van der Waals surface area contributed by atoms with Crippen LogP contribution in [0.2, 0.25) is 0 Å². The van der Waals surface area contributed by atoms with Crippen LogP contribution in [0, 0.1) is 5.92 Å². The molecule has 1 saturated heterocycles. The molecule has 1 saturated carbocycles. The van der Waals surface area contributed by atoms with Crippen molar-refractivity contribution in [1.29, 1.82) is 0 Å². The zero-order chi connectivity index (χ0) is 13.7. The van der Waals surface area contributed by atoms with Gasteiger partial charge < -0.3 is 10.6 Å². The van der Waals surface area contributed by atoms with E-state index in [4.69, 9.17) is 0 Å². The van der Waals surface area contributed by atoms with Gasteiger partial charge in [-0.05, 0) is 64.6 Å². The SMILES string of the molecule is CC1CCC(NC(=O)CN(C)C2CCNCC2)CC1. The number of amides is 1. The van der Waals surface area contributed by atoms with E-state index in [-0.39, 0.29) is 5.91 Å². The number of piperidine rings is 1.